The number of carbonyl (C=O) groups excluding carboxylic acids is 2. The van der Waals surface area contributed by atoms with Gasteiger partial charge in [-0.1, -0.05) is 25.5 Å². The maximum atomic E-state index is 11.7. The van der Waals surface area contributed by atoms with Gasteiger partial charge in [0.15, 0.2) is 0 Å². The number of anilines is 1. The van der Waals surface area contributed by atoms with Gasteiger partial charge in [-0.25, -0.2) is 5.43 Å². The Morgan fingerprint density at radius 1 is 1.33 bits per heavy atom. The molecule has 110 valence electrons. The van der Waals surface area contributed by atoms with Gasteiger partial charge in [0.05, 0.1) is 5.71 Å². The third-order valence-corrected chi connectivity index (χ3v) is 3.99. The van der Waals surface area contributed by atoms with Crippen LogP contribution in [-0.2, 0) is 9.59 Å². The summed E-state index contributed by atoms with van der Waals surface area (Å²) in [5.74, 6) is 0.451. The topological polar surface area (TPSA) is 70.6 Å². The average Bonchev–Trinajstić information content (AvgIpc) is 3.28. The molecule has 2 atom stereocenters. The van der Waals surface area contributed by atoms with Gasteiger partial charge < -0.3 is 5.32 Å². The Morgan fingerprint density at radius 3 is 2.81 bits per heavy atom. The third kappa shape index (κ3) is 2.96. The Bertz CT molecular complexity index is 592. The molecule has 1 heterocycles. The number of hydrogen-bond donors (Lipinski definition) is 2. The van der Waals surface area contributed by atoms with Crippen LogP contribution in [-0.4, -0.2) is 17.5 Å². The van der Waals surface area contributed by atoms with E-state index in [2.05, 4.69) is 22.8 Å². The molecule has 0 saturated heterocycles. The van der Waals surface area contributed by atoms with Crippen molar-refractivity contribution in [1.82, 2.24) is 5.43 Å². The zero-order valence-corrected chi connectivity index (χ0v) is 12.1. The van der Waals surface area contributed by atoms with Crippen LogP contribution in [0.4, 0.5) is 5.69 Å². The van der Waals surface area contributed by atoms with Gasteiger partial charge in [-0.15, -0.1) is 0 Å². The van der Waals surface area contributed by atoms with Crippen LogP contribution in [0.5, 0.6) is 0 Å². The molecule has 5 heteroatoms. The first-order chi connectivity index (χ1) is 10.2. The van der Waals surface area contributed by atoms with Crippen molar-refractivity contribution in [3.8, 4) is 0 Å². The Balaban J connectivity index is 1.65. The van der Waals surface area contributed by atoms with Gasteiger partial charge in [-0.3, -0.25) is 9.59 Å². The number of unbranched alkanes of at least 4 members (excludes halogenated alkanes) is 1. The van der Waals surface area contributed by atoms with E-state index in [0.717, 1.165) is 36.2 Å². The van der Waals surface area contributed by atoms with Crippen molar-refractivity contribution in [3.05, 3.63) is 29.8 Å². The summed E-state index contributed by atoms with van der Waals surface area (Å²) in [5.41, 5.74) is 5.33. The van der Waals surface area contributed by atoms with Crippen molar-refractivity contribution in [1.29, 1.82) is 0 Å². The number of hydrogen-bond acceptors (Lipinski definition) is 3. The summed E-state index contributed by atoms with van der Waals surface area (Å²) in [6, 6.07) is 7.66. The smallest absolute Gasteiger partial charge is 0.243 e. The molecule has 2 unspecified atom stereocenters. The molecule has 1 aliphatic carbocycles. The second kappa shape index (κ2) is 5.68. The quantitative estimate of drug-likeness (QED) is 0.871. The highest BCUT2D eigenvalue weighted by Crippen LogP contribution is 2.43. The molecule has 0 spiro atoms. The summed E-state index contributed by atoms with van der Waals surface area (Å²) < 4.78 is 0. The van der Waals surface area contributed by atoms with E-state index in [1.807, 2.05) is 24.3 Å². The number of rotatable bonds is 5. The van der Waals surface area contributed by atoms with E-state index in [4.69, 9.17) is 0 Å². The Kier molecular flexibility index (Phi) is 3.73. The maximum absolute atomic E-state index is 11.7. The predicted molar refractivity (Wildman–Crippen MR) is 80.9 cm³/mol. The van der Waals surface area contributed by atoms with Crippen LogP contribution in [0.1, 0.15) is 38.2 Å². The molecule has 1 aliphatic heterocycles. The Morgan fingerprint density at radius 2 is 2.10 bits per heavy atom. The Hall–Kier alpha value is -2.17. The van der Waals surface area contributed by atoms with Crippen molar-refractivity contribution in [2.75, 3.05) is 5.32 Å². The summed E-state index contributed by atoms with van der Waals surface area (Å²) in [4.78, 5) is 23.1. The molecule has 2 aliphatic rings. The fourth-order valence-electron chi connectivity index (χ4n) is 2.63. The van der Waals surface area contributed by atoms with Crippen LogP contribution in [0, 0.1) is 11.8 Å². The molecule has 5 nitrogen and oxygen atoms in total. The number of benzene rings is 1. The van der Waals surface area contributed by atoms with E-state index >= 15 is 0 Å². The molecule has 0 aromatic heterocycles. The minimum atomic E-state index is 0.0311. The van der Waals surface area contributed by atoms with Gasteiger partial charge in [-0.05, 0) is 30.5 Å². The average molecular weight is 285 g/mol. The normalized spacial score (nSPS) is 22.9. The third-order valence-electron chi connectivity index (χ3n) is 3.99. The van der Waals surface area contributed by atoms with Crippen LogP contribution in [0.15, 0.2) is 29.4 Å². The fourth-order valence-corrected chi connectivity index (χ4v) is 2.63. The van der Waals surface area contributed by atoms with Gasteiger partial charge >= 0.3 is 0 Å². The first kappa shape index (κ1) is 13.8. The van der Waals surface area contributed by atoms with Crippen LogP contribution < -0.4 is 10.7 Å². The molecular weight excluding hydrogens is 266 g/mol. The van der Waals surface area contributed by atoms with Crippen molar-refractivity contribution >= 4 is 23.2 Å². The molecule has 1 saturated carbocycles. The molecule has 0 radical (unpaired) electrons. The number of nitrogens with one attached hydrogen (secondary N) is 2. The number of fused-ring (bicyclic) bond motifs is 1. The number of nitrogens with zero attached hydrogens (tertiary/aromatic N) is 1. The molecule has 21 heavy (non-hydrogen) atoms. The number of amides is 2. The minimum Gasteiger partial charge on any atom is -0.326 e. The fraction of sp³-hybridized carbons (Fsp3) is 0.438. The van der Waals surface area contributed by atoms with E-state index in [1.165, 1.54) is 0 Å². The van der Waals surface area contributed by atoms with Crippen molar-refractivity contribution in [2.24, 2.45) is 16.9 Å². The molecular formula is C16H19N3O2. The lowest BCUT2D eigenvalue weighted by molar-refractivity contribution is -0.122. The van der Waals surface area contributed by atoms with E-state index in [1.54, 1.807) is 0 Å². The molecule has 0 bridgehead atoms. The second-order valence-electron chi connectivity index (χ2n) is 5.65. The van der Waals surface area contributed by atoms with Gasteiger partial charge in [0.2, 0.25) is 11.8 Å². The zero-order chi connectivity index (χ0) is 14.8. The summed E-state index contributed by atoms with van der Waals surface area (Å²) in [6.45, 7) is 2.07. The molecule has 1 aromatic carbocycles. The second-order valence-corrected chi connectivity index (χ2v) is 5.65. The lowest BCUT2D eigenvalue weighted by Crippen LogP contribution is -2.28. The van der Waals surface area contributed by atoms with E-state index < -0.39 is 0 Å². The highest BCUT2D eigenvalue weighted by Gasteiger charge is 2.49. The van der Waals surface area contributed by atoms with Crippen LogP contribution in [0.25, 0.3) is 0 Å². The van der Waals surface area contributed by atoms with Crippen LogP contribution in [0.3, 0.4) is 0 Å². The monoisotopic (exact) mass is 285 g/mol. The highest BCUT2D eigenvalue weighted by molar-refractivity contribution is 6.09. The molecule has 2 amide bonds. The molecule has 3 rings (SSSR count). The first-order valence-corrected chi connectivity index (χ1v) is 7.46. The standard InChI is InChI=1S/C16H19N3O2/c1-2-3-4-14(20)17-11-7-5-10(6-8-11)15-12-9-13(12)16(21)19-18-15/h5-8,12-13H,2-4,9H2,1H3,(H,17,20)(H,19,21). The van der Waals surface area contributed by atoms with Gasteiger partial charge in [0, 0.05) is 23.9 Å². The number of hydrazone groups is 1. The largest absolute Gasteiger partial charge is 0.326 e. The highest BCUT2D eigenvalue weighted by atomic mass is 16.2. The first-order valence-electron chi connectivity index (χ1n) is 7.46. The molecule has 1 fully saturated rings. The maximum Gasteiger partial charge on any atom is 0.243 e. The molecule has 2 N–H and O–H groups in total. The van der Waals surface area contributed by atoms with Crippen molar-refractivity contribution in [2.45, 2.75) is 32.6 Å². The van der Waals surface area contributed by atoms with Crippen LogP contribution >= 0.6 is 0 Å². The van der Waals surface area contributed by atoms with Crippen molar-refractivity contribution in [3.63, 3.8) is 0 Å². The van der Waals surface area contributed by atoms with Gasteiger partial charge in [0.25, 0.3) is 0 Å². The summed E-state index contributed by atoms with van der Waals surface area (Å²) in [5, 5.41) is 7.05. The minimum absolute atomic E-state index is 0.0311. The summed E-state index contributed by atoms with van der Waals surface area (Å²) in [7, 11) is 0. The van der Waals surface area contributed by atoms with E-state index in [9.17, 15) is 9.59 Å². The van der Waals surface area contributed by atoms with Crippen molar-refractivity contribution < 1.29 is 9.59 Å². The summed E-state index contributed by atoms with van der Waals surface area (Å²) in [6.07, 6.45) is 3.37. The van der Waals surface area contributed by atoms with E-state index in [-0.39, 0.29) is 23.7 Å². The SMILES string of the molecule is CCCCC(=O)Nc1ccc(C2=NNC(=O)C3CC23)cc1. The van der Waals surface area contributed by atoms with Gasteiger partial charge in [0.1, 0.15) is 0 Å². The zero-order valence-electron chi connectivity index (χ0n) is 12.1. The van der Waals surface area contributed by atoms with Gasteiger partial charge in [-0.2, -0.15) is 5.10 Å². The number of carbonyl (C=O) groups is 2. The lowest BCUT2D eigenvalue weighted by atomic mass is 10.0. The Labute approximate surface area is 123 Å². The van der Waals surface area contributed by atoms with Crippen LogP contribution in [0.2, 0.25) is 0 Å². The molecule has 1 aromatic rings. The predicted octanol–water partition coefficient (Wildman–Crippen LogP) is 2.29. The lowest BCUT2D eigenvalue weighted by Gasteiger charge is -2.12. The van der Waals surface area contributed by atoms with E-state index in [0.29, 0.717) is 6.42 Å². The summed E-state index contributed by atoms with van der Waals surface area (Å²) >= 11 is 0.